The standard InChI is InChI=1S/C12H23N5/c1-4-10(2)16-5-7-17(8-6-16)12-11(13)9-15(3)14-12/h9-10H,4-8,13H2,1-3H3. The monoisotopic (exact) mass is 237 g/mol. The molecule has 17 heavy (non-hydrogen) atoms. The van der Waals surface area contributed by atoms with Crippen LogP contribution in [0.3, 0.4) is 0 Å². The fourth-order valence-corrected chi connectivity index (χ4v) is 2.37. The summed E-state index contributed by atoms with van der Waals surface area (Å²) in [6.45, 7) is 8.78. The Labute approximate surface area is 103 Å². The van der Waals surface area contributed by atoms with E-state index in [0.29, 0.717) is 6.04 Å². The number of rotatable bonds is 3. The van der Waals surface area contributed by atoms with Gasteiger partial charge in [-0.05, 0) is 13.3 Å². The molecule has 5 nitrogen and oxygen atoms in total. The minimum Gasteiger partial charge on any atom is -0.394 e. The van der Waals surface area contributed by atoms with Gasteiger partial charge in [0, 0.05) is 45.5 Å². The molecule has 96 valence electrons. The normalized spacial score (nSPS) is 19.6. The number of aromatic nitrogens is 2. The molecule has 2 rings (SSSR count). The SMILES string of the molecule is CCC(C)N1CCN(c2nn(C)cc2N)CC1. The van der Waals surface area contributed by atoms with Gasteiger partial charge >= 0.3 is 0 Å². The molecular formula is C12H23N5. The first-order chi connectivity index (χ1) is 8.11. The van der Waals surface area contributed by atoms with Crippen molar-refractivity contribution in [3.8, 4) is 0 Å². The van der Waals surface area contributed by atoms with E-state index in [1.54, 1.807) is 4.68 Å². The van der Waals surface area contributed by atoms with Crippen molar-refractivity contribution >= 4 is 11.5 Å². The maximum absolute atomic E-state index is 5.95. The van der Waals surface area contributed by atoms with E-state index in [4.69, 9.17) is 5.73 Å². The van der Waals surface area contributed by atoms with Gasteiger partial charge in [-0.1, -0.05) is 6.92 Å². The van der Waals surface area contributed by atoms with E-state index in [1.807, 2.05) is 13.2 Å². The van der Waals surface area contributed by atoms with Gasteiger partial charge < -0.3 is 10.6 Å². The lowest BCUT2D eigenvalue weighted by molar-refractivity contribution is 0.192. The molecule has 1 aromatic heterocycles. The number of aryl methyl sites for hydroxylation is 1. The van der Waals surface area contributed by atoms with Crippen LogP contribution in [0.25, 0.3) is 0 Å². The zero-order chi connectivity index (χ0) is 12.4. The van der Waals surface area contributed by atoms with Crippen LogP contribution in [0.2, 0.25) is 0 Å². The summed E-state index contributed by atoms with van der Waals surface area (Å²) in [5.74, 6) is 0.941. The van der Waals surface area contributed by atoms with Crippen molar-refractivity contribution in [3.63, 3.8) is 0 Å². The molecule has 0 bridgehead atoms. The van der Waals surface area contributed by atoms with Crippen LogP contribution in [0.5, 0.6) is 0 Å². The van der Waals surface area contributed by atoms with E-state index in [2.05, 4.69) is 28.7 Å². The van der Waals surface area contributed by atoms with Crippen LogP contribution in [0.1, 0.15) is 20.3 Å². The topological polar surface area (TPSA) is 50.3 Å². The summed E-state index contributed by atoms with van der Waals surface area (Å²) in [7, 11) is 1.91. The molecule has 2 N–H and O–H groups in total. The smallest absolute Gasteiger partial charge is 0.173 e. The highest BCUT2D eigenvalue weighted by Crippen LogP contribution is 2.22. The fraction of sp³-hybridized carbons (Fsp3) is 0.750. The predicted octanol–water partition coefficient (Wildman–Crippen LogP) is 0.923. The van der Waals surface area contributed by atoms with Crippen molar-refractivity contribution in [2.75, 3.05) is 36.8 Å². The molecule has 1 unspecified atom stereocenters. The Morgan fingerprint density at radius 3 is 2.47 bits per heavy atom. The quantitative estimate of drug-likeness (QED) is 0.849. The molecule has 0 spiro atoms. The Hall–Kier alpha value is -1.23. The van der Waals surface area contributed by atoms with Crippen LogP contribution in [-0.2, 0) is 7.05 Å². The van der Waals surface area contributed by atoms with Crippen LogP contribution in [0.15, 0.2) is 6.20 Å². The van der Waals surface area contributed by atoms with Gasteiger partial charge in [0.1, 0.15) is 0 Å². The molecule has 1 saturated heterocycles. The molecule has 5 heteroatoms. The Bertz CT molecular complexity index is 365. The lowest BCUT2D eigenvalue weighted by Crippen LogP contribution is -2.49. The minimum atomic E-state index is 0.679. The van der Waals surface area contributed by atoms with Crippen molar-refractivity contribution in [1.29, 1.82) is 0 Å². The molecule has 0 radical (unpaired) electrons. The average Bonchev–Trinajstić information content (AvgIpc) is 2.68. The number of piperazine rings is 1. The number of anilines is 2. The third-order valence-electron chi connectivity index (χ3n) is 3.66. The third-order valence-corrected chi connectivity index (χ3v) is 3.66. The van der Waals surface area contributed by atoms with Crippen LogP contribution < -0.4 is 10.6 Å². The third kappa shape index (κ3) is 2.54. The van der Waals surface area contributed by atoms with Crippen molar-refractivity contribution < 1.29 is 0 Å². The summed E-state index contributed by atoms with van der Waals surface area (Å²) in [6, 6.07) is 0.679. The zero-order valence-corrected chi connectivity index (χ0v) is 11.1. The molecule has 1 fully saturated rings. The maximum atomic E-state index is 5.95. The predicted molar refractivity (Wildman–Crippen MR) is 71.2 cm³/mol. The largest absolute Gasteiger partial charge is 0.394 e. The molecule has 0 saturated carbocycles. The average molecular weight is 237 g/mol. The number of hydrogen-bond acceptors (Lipinski definition) is 4. The summed E-state index contributed by atoms with van der Waals surface area (Å²) in [5, 5.41) is 4.42. The molecular weight excluding hydrogens is 214 g/mol. The molecule has 1 aromatic rings. The molecule has 0 amide bonds. The number of nitrogens with zero attached hydrogens (tertiary/aromatic N) is 4. The van der Waals surface area contributed by atoms with Crippen LogP contribution >= 0.6 is 0 Å². The van der Waals surface area contributed by atoms with E-state index < -0.39 is 0 Å². The van der Waals surface area contributed by atoms with Gasteiger partial charge in [-0.15, -0.1) is 0 Å². The van der Waals surface area contributed by atoms with Crippen LogP contribution in [0.4, 0.5) is 11.5 Å². The molecule has 1 aliphatic rings. The second kappa shape index (κ2) is 4.96. The van der Waals surface area contributed by atoms with Gasteiger partial charge in [-0.3, -0.25) is 9.58 Å². The van der Waals surface area contributed by atoms with E-state index in [0.717, 1.165) is 37.7 Å². The summed E-state index contributed by atoms with van der Waals surface area (Å²) >= 11 is 0. The number of nitrogen functional groups attached to an aromatic ring is 1. The molecule has 1 aliphatic heterocycles. The maximum Gasteiger partial charge on any atom is 0.173 e. The Morgan fingerprint density at radius 1 is 1.35 bits per heavy atom. The van der Waals surface area contributed by atoms with Crippen molar-refractivity contribution in [2.45, 2.75) is 26.3 Å². The first kappa shape index (κ1) is 12.2. The molecule has 0 aromatic carbocycles. The highest BCUT2D eigenvalue weighted by atomic mass is 15.4. The van der Waals surface area contributed by atoms with E-state index in [1.165, 1.54) is 6.42 Å². The van der Waals surface area contributed by atoms with Gasteiger partial charge in [-0.2, -0.15) is 5.10 Å². The Balaban J connectivity index is 1.97. The van der Waals surface area contributed by atoms with Crippen molar-refractivity contribution in [3.05, 3.63) is 6.20 Å². The first-order valence-electron chi connectivity index (χ1n) is 6.40. The molecule has 1 atom stereocenters. The summed E-state index contributed by atoms with van der Waals surface area (Å²) in [4.78, 5) is 4.82. The number of hydrogen-bond donors (Lipinski definition) is 1. The second-order valence-corrected chi connectivity index (χ2v) is 4.86. The Kier molecular flexibility index (Phi) is 3.57. The summed E-state index contributed by atoms with van der Waals surface area (Å²) in [6.07, 6.45) is 3.09. The highest BCUT2D eigenvalue weighted by molar-refractivity contribution is 5.61. The van der Waals surface area contributed by atoms with E-state index in [-0.39, 0.29) is 0 Å². The lowest BCUT2D eigenvalue weighted by atomic mass is 10.2. The van der Waals surface area contributed by atoms with Crippen LogP contribution in [-0.4, -0.2) is 46.9 Å². The van der Waals surface area contributed by atoms with Gasteiger partial charge in [0.15, 0.2) is 5.82 Å². The van der Waals surface area contributed by atoms with E-state index >= 15 is 0 Å². The van der Waals surface area contributed by atoms with Crippen molar-refractivity contribution in [2.24, 2.45) is 7.05 Å². The van der Waals surface area contributed by atoms with Crippen molar-refractivity contribution in [1.82, 2.24) is 14.7 Å². The highest BCUT2D eigenvalue weighted by Gasteiger charge is 2.22. The van der Waals surface area contributed by atoms with Gasteiger partial charge in [-0.25, -0.2) is 0 Å². The summed E-state index contributed by atoms with van der Waals surface area (Å²) in [5.41, 5.74) is 6.74. The summed E-state index contributed by atoms with van der Waals surface area (Å²) < 4.78 is 1.78. The first-order valence-corrected chi connectivity index (χ1v) is 6.40. The second-order valence-electron chi connectivity index (χ2n) is 4.86. The minimum absolute atomic E-state index is 0.679. The van der Waals surface area contributed by atoms with E-state index in [9.17, 15) is 0 Å². The van der Waals surface area contributed by atoms with Gasteiger partial charge in [0.2, 0.25) is 0 Å². The Morgan fingerprint density at radius 2 is 2.00 bits per heavy atom. The molecule has 2 heterocycles. The number of nitrogens with two attached hydrogens (primary N) is 1. The molecule has 0 aliphatic carbocycles. The van der Waals surface area contributed by atoms with Gasteiger partial charge in [0.05, 0.1) is 5.69 Å². The van der Waals surface area contributed by atoms with Gasteiger partial charge in [0.25, 0.3) is 0 Å². The zero-order valence-electron chi connectivity index (χ0n) is 11.1. The fourth-order valence-electron chi connectivity index (χ4n) is 2.37. The lowest BCUT2D eigenvalue weighted by Gasteiger charge is -2.38. The van der Waals surface area contributed by atoms with Crippen LogP contribution in [0, 0.1) is 0 Å².